The highest BCUT2D eigenvalue weighted by Gasteiger charge is 2.03. The second kappa shape index (κ2) is 2.84. The van der Waals surface area contributed by atoms with Gasteiger partial charge in [0.1, 0.15) is 5.52 Å². The summed E-state index contributed by atoms with van der Waals surface area (Å²) in [7, 11) is 0. The zero-order valence-electron chi connectivity index (χ0n) is 7.75. The van der Waals surface area contributed by atoms with Crippen molar-refractivity contribution in [2.24, 2.45) is 0 Å². The van der Waals surface area contributed by atoms with Crippen LogP contribution in [0.1, 0.15) is 0 Å². The van der Waals surface area contributed by atoms with Crippen LogP contribution >= 0.6 is 0 Å². The summed E-state index contributed by atoms with van der Waals surface area (Å²) < 4.78 is 0. The van der Waals surface area contributed by atoms with Gasteiger partial charge in [0.15, 0.2) is 0 Å². The molecule has 5 nitrogen and oxygen atoms in total. The first kappa shape index (κ1) is 8.05. The molecule has 3 rings (SSSR count). The van der Waals surface area contributed by atoms with Crippen LogP contribution in [0.5, 0.6) is 0 Å². The van der Waals surface area contributed by atoms with E-state index in [1.807, 2.05) is 24.3 Å². The fourth-order valence-electron chi connectivity index (χ4n) is 1.57. The summed E-state index contributed by atoms with van der Waals surface area (Å²) >= 11 is 0. The van der Waals surface area contributed by atoms with Crippen LogP contribution in [0.15, 0.2) is 30.5 Å². The minimum absolute atomic E-state index is 0.186. The maximum atomic E-state index is 5.47. The SMILES string of the molecule is Nc1nnc2c(ccc3ncccc32)n1. The molecule has 2 N–H and O–H groups in total. The lowest BCUT2D eigenvalue weighted by Gasteiger charge is -2.00. The van der Waals surface area contributed by atoms with Gasteiger partial charge in [-0.25, -0.2) is 4.98 Å². The van der Waals surface area contributed by atoms with Gasteiger partial charge < -0.3 is 5.73 Å². The summed E-state index contributed by atoms with van der Waals surface area (Å²) in [5.74, 6) is 0.186. The average molecular weight is 197 g/mol. The molecular formula is C10H7N5. The number of nitrogens with zero attached hydrogens (tertiary/aromatic N) is 4. The molecule has 0 aliphatic rings. The molecule has 5 heteroatoms. The summed E-state index contributed by atoms with van der Waals surface area (Å²) in [5.41, 5.74) is 7.82. The largest absolute Gasteiger partial charge is 0.366 e. The number of anilines is 1. The summed E-state index contributed by atoms with van der Waals surface area (Å²) in [5, 5.41) is 8.72. The first-order valence-electron chi connectivity index (χ1n) is 4.48. The van der Waals surface area contributed by atoms with E-state index in [4.69, 9.17) is 5.73 Å². The van der Waals surface area contributed by atoms with E-state index in [2.05, 4.69) is 20.2 Å². The van der Waals surface area contributed by atoms with Gasteiger partial charge in [0, 0.05) is 11.6 Å². The maximum Gasteiger partial charge on any atom is 0.240 e. The molecule has 0 fully saturated rings. The molecule has 15 heavy (non-hydrogen) atoms. The topological polar surface area (TPSA) is 77.6 Å². The zero-order chi connectivity index (χ0) is 10.3. The zero-order valence-corrected chi connectivity index (χ0v) is 7.75. The van der Waals surface area contributed by atoms with Gasteiger partial charge in [-0.1, -0.05) is 0 Å². The minimum Gasteiger partial charge on any atom is -0.366 e. The van der Waals surface area contributed by atoms with Crippen molar-refractivity contribution in [3.63, 3.8) is 0 Å². The van der Waals surface area contributed by atoms with E-state index in [1.165, 1.54) is 0 Å². The van der Waals surface area contributed by atoms with Gasteiger partial charge >= 0.3 is 0 Å². The van der Waals surface area contributed by atoms with Crippen LogP contribution in [-0.2, 0) is 0 Å². The fourth-order valence-corrected chi connectivity index (χ4v) is 1.57. The lowest BCUT2D eigenvalue weighted by molar-refractivity contribution is 1.04. The van der Waals surface area contributed by atoms with Crippen LogP contribution in [0.25, 0.3) is 21.9 Å². The van der Waals surface area contributed by atoms with Crippen molar-refractivity contribution in [3.05, 3.63) is 30.5 Å². The molecule has 2 aromatic heterocycles. The molecule has 2 heterocycles. The van der Waals surface area contributed by atoms with Gasteiger partial charge in [0.25, 0.3) is 0 Å². The summed E-state index contributed by atoms with van der Waals surface area (Å²) in [4.78, 5) is 8.33. The van der Waals surface area contributed by atoms with Gasteiger partial charge in [0.05, 0.1) is 11.0 Å². The van der Waals surface area contributed by atoms with Crippen molar-refractivity contribution >= 4 is 27.9 Å². The highest BCUT2D eigenvalue weighted by atomic mass is 15.2. The van der Waals surface area contributed by atoms with Crippen LogP contribution in [0.3, 0.4) is 0 Å². The number of nitrogen functional groups attached to an aromatic ring is 1. The van der Waals surface area contributed by atoms with Crippen molar-refractivity contribution < 1.29 is 0 Å². The van der Waals surface area contributed by atoms with E-state index in [0.29, 0.717) is 0 Å². The Hall–Kier alpha value is -2.30. The standard InChI is InChI=1S/C10H7N5/c11-10-13-8-4-3-7-6(2-1-5-12-7)9(8)14-15-10/h1-5H,(H2,11,13,15). The molecule has 0 amide bonds. The number of nitrogens with two attached hydrogens (primary N) is 1. The molecule has 0 atom stereocenters. The number of pyridine rings is 1. The second-order valence-electron chi connectivity index (χ2n) is 3.17. The quantitative estimate of drug-likeness (QED) is 0.547. The van der Waals surface area contributed by atoms with E-state index in [-0.39, 0.29) is 5.95 Å². The van der Waals surface area contributed by atoms with Crippen molar-refractivity contribution in [1.82, 2.24) is 20.2 Å². The van der Waals surface area contributed by atoms with E-state index in [0.717, 1.165) is 21.9 Å². The third kappa shape index (κ3) is 1.17. The van der Waals surface area contributed by atoms with E-state index < -0.39 is 0 Å². The Morgan fingerprint density at radius 1 is 1.00 bits per heavy atom. The van der Waals surface area contributed by atoms with Crippen LogP contribution in [0.2, 0.25) is 0 Å². The third-order valence-electron chi connectivity index (χ3n) is 2.22. The molecule has 3 aromatic rings. The van der Waals surface area contributed by atoms with Crippen LogP contribution in [0.4, 0.5) is 5.95 Å². The number of rotatable bonds is 0. The first-order chi connectivity index (χ1) is 7.34. The predicted molar refractivity (Wildman–Crippen MR) is 57.0 cm³/mol. The lowest BCUT2D eigenvalue weighted by Crippen LogP contribution is -1.98. The number of hydrogen-bond donors (Lipinski definition) is 1. The van der Waals surface area contributed by atoms with E-state index in [9.17, 15) is 0 Å². The monoisotopic (exact) mass is 197 g/mol. The molecule has 0 saturated heterocycles. The Morgan fingerprint density at radius 2 is 1.87 bits per heavy atom. The van der Waals surface area contributed by atoms with Crippen molar-refractivity contribution in [1.29, 1.82) is 0 Å². The molecule has 72 valence electrons. The second-order valence-corrected chi connectivity index (χ2v) is 3.17. The highest BCUT2D eigenvalue weighted by Crippen LogP contribution is 2.19. The van der Waals surface area contributed by atoms with Gasteiger partial charge in [-0.2, -0.15) is 0 Å². The molecule has 0 aliphatic carbocycles. The first-order valence-corrected chi connectivity index (χ1v) is 4.48. The molecular weight excluding hydrogens is 190 g/mol. The van der Waals surface area contributed by atoms with Gasteiger partial charge in [-0.05, 0) is 24.3 Å². The normalized spacial score (nSPS) is 10.9. The molecule has 0 saturated carbocycles. The molecule has 0 radical (unpaired) electrons. The third-order valence-corrected chi connectivity index (χ3v) is 2.22. The Balaban J connectivity index is 2.55. The van der Waals surface area contributed by atoms with Gasteiger partial charge in [0.2, 0.25) is 5.95 Å². The van der Waals surface area contributed by atoms with E-state index in [1.54, 1.807) is 6.20 Å². The van der Waals surface area contributed by atoms with Crippen LogP contribution < -0.4 is 5.73 Å². The number of aromatic nitrogens is 4. The van der Waals surface area contributed by atoms with Crippen LogP contribution in [0, 0.1) is 0 Å². The van der Waals surface area contributed by atoms with Gasteiger partial charge in [-0.15, -0.1) is 10.2 Å². The Morgan fingerprint density at radius 3 is 2.80 bits per heavy atom. The highest BCUT2D eigenvalue weighted by molar-refractivity contribution is 6.01. The minimum atomic E-state index is 0.186. The number of hydrogen-bond acceptors (Lipinski definition) is 5. The predicted octanol–water partition coefficient (Wildman–Crippen LogP) is 1.16. The van der Waals surface area contributed by atoms with Crippen molar-refractivity contribution in [2.45, 2.75) is 0 Å². The summed E-state index contributed by atoms with van der Waals surface area (Å²) in [6.07, 6.45) is 1.74. The van der Waals surface area contributed by atoms with Gasteiger partial charge in [-0.3, -0.25) is 4.98 Å². The lowest BCUT2D eigenvalue weighted by atomic mass is 10.2. The number of benzene rings is 1. The fraction of sp³-hybridized carbons (Fsp3) is 0. The molecule has 0 unspecified atom stereocenters. The molecule has 0 aliphatic heterocycles. The molecule has 1 aromatic carbocycles. The number of fused-ring (bicyclic) bond motifs is 3. The van der Waals surface area contributed by atoms with Crippen molar-refractivity contribution in [3.8, 4) is 0 Å². The van der Waals surface area contributed by atoms with Crippen molar-refractivity contribution in [2.75, 3.05) is 5.73 Å². The Kier molecular flexibility index (Phi) is 1.53. The maximum absolute atomic E-state index is 5.47. The smallest absolute Gasteiger partial charge is 0.240 e. The molecule has 0 spiro atoms. The Labute approximate surface area is 85.0 Å². The van der Waals surface area contributed by atoms with Crippen LogP contribution in [-0.4, -0.2) is 20.2 Å². The summed E-state index contributed by atoms with van der Waals surface area (Å²) in [6.45, 7) is 0. The molecule has 0 bridgehead atoms. The summed E-state index contributed by atoms with van der Waals surface area (Å²) in [6, 6.07) is 7.54. The Bertz CT molecular complexity index is 649. The average Bonchev–Trinajstić information content (AvgIpc) is 2.28. The van der Waals surface area contributed by atoms with E-state index >= 15 is 0 Å².